The number of fused-ring (bicyclic) bond motifs is 1. The van der Waals surface area contributed by atoms with Crippen LogP contribution in [0.1, 0.15) is 68.6 Å². The van der Waals surface area contributed by atoms with Crippen LogP contribution in [0, 0.1) is 0 Å². The Morgan fingerprint density at radius 3 is 2.41 bits per heavy atom. The summed E-state index contributed by atoms with van der Waals surface area (Å²) < 4.78 is 0. The van der Waals surface area contributed by atoms with Gasteiger partial charge in [-0.2, -0.15) is 5.53 Å². The number of hydrazine groups is 2. The van der Waals surface area contributed by atoms with Crippen LogP contribution in [-0.2, 0) is 6.42 Å². The smallest absolute Gasteiger partial charge is 0.150 e. The summed E-state index contributed by atoms with van der Waals surface area (Å²) in [5.41, 5.74) is 13.6. The average molecular weight is 437 g/mol. The molecule has 0 amide bonds. The number of phenols is 1. The maximum atomic E-state index is 10.4. The van der Waals surface area contributed by atoms with E-state index in [4.69, 9.17) is 5.11 Å². The number of rotatable bonds is 3. The van der Waals surface area contributed by atoms with Gasteiger partial charge < -0.3 is 10.5 Å². The zero-order valence-corrected chi connectivity index (χ0v) is 19.8. The molecule has 0 radical (unpaired) electrons. The first-order chi connectivity index (χ1) is 15.5. The Hall–Kier alpha value is -3.22. The second kappa shape index (κ2) is 14.7. The van der Waals surface area contributed by atoms with Crippen LogP contribution in [0.5, 0.6) is 5.75 Å². The Kier molecular flexibility index (Phi) is 12.3. The van der Waals surface area contributed by atoms with Gasteiger partial charge in [0.2, 0.25) is 0 Å². The van der Waals surface area contributed by atoms with Crippen molar-refractivity contribution in [3.63, 3.8) is 0 Å². The van der Waals surface area contributed by atoms with Gasteiger partial charge in [0.05, 0.1) is 11.6 Å². The molecular weight excluding hydrogens is 400 g/mol. The highest BCUT2D eigenvalue weighted by atomic mass is 16.3. The zero-order valence-electron chi connectivity index (χ0n) is 19.8. The molecule has 1 fully saturated rings. The van der Waals surface area contributed by atoms with E-state index >= 15 is 0 Å². The molecule has 1 aromatic heterocycles. The standard InChI is InChI=1S/C12H12N4.C9H10O2.C3H8.C2H6/c1-8-12(15-16-14-8)10-4-5-11-9(7-10)3-2-6-13-11;1-2-7-5-9(11)4-3-8(7)6-10;1-3-2;1-2/h2-7,12,14-16H,1H2;3-6,11H,2H2,1H3;3H2,1-2H3;1-2H3. The number of nitrogens with one attached hydrogen (secondary N) is 3. The Morgan fingerprint density at radius 1 is 1.09 bits per heavy atom. The van der Waals surface area contributed by atoms with Crippen LogP contribution in [0.3, 0.4) is 0 Å². The molecular formula is C26H36N4O2. The predicted octanol–water partition coefficient (Wildman–Crippen LogP) is 5.61. The number of pyridine rings is 1. The van der Waals surface area contributed by atoms with Crippen molar-refractivity contribution in [3.05, 3.63) is 83.7 Å². The summed E-state index contributed by atoms with van der Waals surface area (Å²) in [4.78, 5) is 14.7. The number of aromatic hydroxyl groups is 1. The Labute approximate surface area is 191 Å². The van der Waals surface area contributed by atoms with Crippen molar-refractivity contribution in [2.24, 2.45) is 0 Å². The highest BCUT2D eigenvalue weighted by molar-refractivity contribution is 5.79. The normalized spacial score (nSPS) is 14.0. The summed E-state index contributed by atoms with van der Waals surface area (Å²) in [6.45, 7) is 14.1. The fraction of sp³-hybridized carbons (Fsp3) is 0.308. The number of aromatic nitrogens is 1. The van der Waals surface area contributed by atoms with Crippen molar-refractivity contribution < 1.29 is 9.90 Å². The quantitative estimate of drug-likeness (QED) is 0.399. The van der Waals surface area contributed by atoms with Crippen molar-refractivity contribution in [2.75, 3.05) is 0 Å². The molecule has 1 atom stereocenters. The van der Waals surface area contributed by atoms with Gasteiger partial charge in [-0.1, -0.05) is 59.8 Å². The highest BCUT2D eigenvalue weighted by Crippen LogP contribution is 2.23. The van der Waals surface area contributed by atoms with Crippen LogP contribution in [-0.4, -0.2) is 16.4 Å². The summed E-state index contributed by atoms with van der Waals surface area (Å²) >= 11 is 0. The van der Waals surface area contributed by atoms with Crippen LogP contribution in [0.25, 0.3) is 10.9 Å². The van der Waals surface area contributed by atoms with Crippen LogP contribution >= 0.6 is 0 Å². The monoisotopic (exact) mass is 436 g/mol. The minimum absolute atomic E-state index is 0.101. The minimum Gasteiger partial charge on any atom is -0.508 e. The molecule has 0 spiro atoms. The summed E-state index contributed by atoms with van der Waals surface area (Å²) in [7, 11) is 0. The van der Waals surface area contributed by atoms with Gasteiger partial charge in [-0.05, 0) is 53.9 Å². The average Bonchev–Trinajstić information content (AvgIpc) is 3.26. The van der Waals surface area contributed by atoms with E-state index in [1.165, 1.54) is 18.1 Å². The van der Waals surface area contributed by atoms with E-state index < -0.39 is 0 Å². The van der Waals surface area contributed by atoms with E-state index in [9.17, 15) is 4.79 Å². The zero-order chi connectivity index (χ0) is 23.9. The van der Waals surface area contributed by atoms with Crippen LogP contribution in [0.4, 0.5) is 0 Å². The van der Waals surface area contributed by atoms with Gasteiger partial charge in [0, 0.05) is 22.8 Å². The molecule has 1 aliphatic rings. The van der Waals surface area contributed by atoms with Gasteiger partial charge in [0.25, 0.3) is 0 Å². The van der Waals surface area contributed by atoms with Crippen LogP contribution in [0.2, 0.25) is 0 Å². The lowest BCUT2D eigenvalue weighted by Crippen LogP contribution is -2.30. The second-order valence-corrected chi connectivity index (χ2v) is 6.87. The first-order valence-electron chi connectivity index (χ1n) is 11.1. The predicted molar refractivity (Wildman–Crippen MR) is 133 cm³/mol. The number of aldehydes is 1. The number of carbonyl (C=O) groups is 1. The molecule has 4 rings (SSSR count). The van der Waals surface area contributed by atoms with E-state index in [1.807, 2.05) is 32.9 Å². The number of nitrogens with zero attached hydrogens (tertiary/aromatic N) is 1. The molecule has 6 heteroatoms. The van der Waals surface area contributed by atoms with Gasteiger partial charge in [-0.3, -0.25) is 9.78 Å². The molecule has 2 aromatic carbocycles. The van der Waals surface area contributed by atoms with Gasteiger partial charge >= 0.3 is 0 Å². The lowest BCUT2D eigenvalue weighted by molar-refractivity contribution is 0.112. The van der Waals surface area contributed by atoms with E-state index in [-0.39, 0.29) is 11.8 Å². The van der Waals surface area contributed by atoms with Crippen LogP contribution < -0.4 is 16.4 Å². The number of aryl methyl sites for hydroxylation is 1. The molecule has 1 saturated heterocycles. The summed E-state index contributed by atoms with van der Waals surface area (Å²) in [6.07, 6.45) is 4.62. The minimum atomic E-state index is 0.101. The molecule has 0 saturated carbocycles. The van der Waals surface area contributed by atoms with Crippen molar-refractivity contribution in [1.29, 1.82) is 0 Å². The molecule has 172 valence electrons. The molecule has 0 aliphatic carbocycles. The first kappa shape index (κ1) is 26.8. The van der Waals surface area contributed by atoms with Crippen molar-refractivity contribution >= 4 is 17.2 Å². The lowest BCUT2D eigenvalue weighted by atomic mass is 10.0. The SMILES string of the molecule is C=C1NNNC1c1ccc2ncccc2c1.CC.CCC.CCc1cc(O)ccc1C=O. The van der Waals surface area contributed by atoms with Gasteiger partial charge in [-0.15, -0.1) is 0 Å². The van der Waals surface area contributed by atoms with Crippen LogP contribution in [0.15, 0.2) is 67.0 Å². The molecule has 2 heterocycles. The number of hydrogen-bond donors (Lipinski definition) is 4. The summed E-state index contributed by atoms with van der Waals surface area (Å²) in [5, 5.41) is 10.2. The van der Waals surface area contributed by atoms with E-state index in [2.05, 4.69) is 60.0 Å². The third-order valence-corrected chi connectivity index (χ3v) is 4.38. The molecule has 32 heavy (non-hydrogen) atoms. The molecule has 1 aliphatic heterocycles. The Bertz CT molecular complexity index is 988. The van der Waals surface area contributed by atoms with Crippen molar-refractivity contribution in [3.8, 4) is 5.75 Å². The fourth-order valence-electron chi connectivity index (χ4n) is 2.92. The van der Waals surface area contributed by atoms with Gasteiger partial charge in [0.1, 0.15) is 12.0 Å². The second-order valence-electron chi connectivity index (χ2n) is 6.87. The summed E-state index contributed by atoms with van der Waals surface area (Å²) in [6, 6.07) is 15.1. The third kappa shape index (κ3) is 7.80. The first-order valence-corrected chi connectivity index (χ1v) is 11.1. The fourth-order valence-corrected chi connectivity index (χ4v) is 2.92. The third-order valence-electron chi connectivity index (χ3n) is 4.38. The molecule has 0 bridgehead atoms. The van der Waals surface area contributed by atoms with Crippen molar-refractivity contribution in [2.45, 2.75) is 53.5 Å². The lowest BCUT2D eigenvalue weighted by Gasteiger charge is -2.10. The van der Waals surface area contributed by atoms with Gasteiger partial charge in [-0.25, -0.2) is 5.43 Å². The number of phenolic OH excluding ortho intramolecular Hbond substituents is 1. The highest BCUT2D eigenvalue weighted by Gasteiger charge is 2.19. The maximum Gasteiger partial charge on any atom is 0.150 e. The number of benzene rings is 2. The number of carbonyl (C=O) groups excluding carboxylic acids is 1. The molecule has 3 aromatic rings. The van der Waals surface area contributed by atoms with E-state index in [0.29, 0.717) is 5.56 Å². The van der Waals surface area contributed by atoms with E-state index in [1.54, 1.807) is 18.3 Å². The molecule has 4 N–H and O–H groups in total. The number of hydrogen-bond acceptors (Lipinski definition) is 6. The summed E-state index contributed by atoms with van der Waals surface area (Å²) in [5.74, 6) is 0.215. The maximum absolute atomic E-state index is 10.4. The Morgan fingerprint density at radius 2 is 1.81 bits per heavy atom. The largest absolute Gasteiger partial charge is 0.508 e. The van der Waals surface area contributed by atoms with Gasteiger partial charge in [0.15, 0.2) is 0 Å². The molecule has 6 nitrogen and oxygen atoms in total. The molecule has 1 unspecified atom stereocenters. The van der Waals surface area contributed by atoms with Crippen molar-refractivity contribution in [1.82, 2.24) is 21.4 Å². The topological polar surface area (TPSA) is 86.3 Å². The Balaban J connectivity index is 0.000000280. The van der Waals surface area contributed by atoms with E-state index in [0.717, 1.165) is 34.9 Å².